The number of nitrogens with one attached hydrogen (secondary N) is 1. The van der Waals surface area contributed by atoms with E-state index in [0.717, 1.165) is 16.9 Å². The second-order valence-electron chi connectivity index (χ2n) is 5.54. The lowest BCUT2D eigenvalue weighted by Gasteiger charge is -2.15. The normalized spacial score (nSPS) is 11.6. The van der Waals surface area contributed by atoms with Gasteiger partial charge in [0.25, 0.3) is 5.91 Å². The molecule has 4 heteroatoms. The van der Waals surface area contributed by atoms with Crippen LogP contribution < -0.4 is 14.8 Å². The maximum atomic E-state index is 12.0. The van der Waals surface area contributed by atoms with E-state index in [2.05, 4.69) is 11.4 Å². The van der Waals surface area contributed by atoms with E-state index in [1.54, 1.807) is 6.92 Å². The molecule has 0 bridgehead atoms. The van der Waals surface area contributed by atoms with Gasteiger partial charge in [0.05, 0.1) is 6.54 Å². The minimum absolute atomic E-state index is 0.155. The number of rotatable bonds is 7. The van der Waals surface area contributed by atoms with Crippen molar-refractivity contribution in [2.45, 2.75) is 26.9 Å². The summed E-state index contributed by atoms with van der Waals surface area (Å²) in [5.41, 5.74) is 2.32. The molecule has 1 N–H and O–H groups in total. The Morgan fingerprint density at radius 1 is 1.04 bits per heavy atom. The first-order chi connectivity index (χ1) is 11.0. The van der Waals surface area contributed by atoms with Gasteiger partial charge in [0, 0.05) is 0 Å². The Morgan fingerprint density at radius 3 is 2.35 bits per heavy atom. The zero-order valence-electron chi connectivity index (χ0n) is 13.8. The molecule has 4 nitrogen and oxygen atoms in total. The first-order valence-electron chi connectivity index (χ1n) is 7.75. The number of hydrogen-bond donors (Lipinski definition) is 1. The molecule has 23 heavy (non-hydrogen) atoms. The lowest BCUT2D eigenvalue weighted by Crippen LogP contribution is -2.38. The van der Waals surface area contributed by atoms with Crippen molar-refractivity contribution in [3.63, 3.8) is 0 Å². The molecule has 0 aliphatic carbocycles. The fourth-order valence-electron chi connectivity index (χ4n) is 2.26. The SMILES string of the molecule is Cc1cc(C)cc(OCCNC(=O)[C@H](C)Oc2ccccc2)c1. The Hall–Kier alpha value is -2.49. The molecule has 2 rings (SSSR count). The number of ether oxygens (including phenoxy) is 2. The van der Waals surface area contributed by atoms with Crippen LogP contribution in [0.25, 0.3) is 0 Å². The highest BCUT2D eigenvalue weighted by atomic mass is 16.5. The summed E-state index contributed by atoms with van der Waals surface area (Å²) in [7, 11) is 0. The van der Waals surface area contributed by atoms with Crippen molar-refractivity contribution in [3.05, 3.63) is 59.7 Å². The Kier molecular flexibility index (Phi) is 6.03. The maximum absolute atomic E-state index is 12.0. The highest BCUT2D eigenvalue weighted by molar-refractivity contribution is 5.80. The quantitative estimate of drug-likeness (QED) is 0.798. The Labute approximate surface area is 137 Å². The summed E-state index contributed by atoms with van der Waals surface area (Å²) in [5, 5.41) is 2.81. The van der Waals surface area contributed by atoms with Gasteiger partial charge in [-0.2, -0.15) is 0 Å². The van der Waals surface area contributed by atoms with Crippen LogP contribution in [0.3, 0.4) is 0 Å². The maximum Gasteiger partial charge on any atom is 0.260 e. The van der Waals surface area contributed by atoms with Gasteiger partial charge in [0.2, 0.25) is 0 Å². The zero-order valence-corrected chi connectivity index (χ0v) is 13.8. The number of aryl methyl sites for hydroxylation is 2. The molecule has 1 amide bonds. The van der Waals surface area contributed by atoms with Gasteiger partial charge < -0.3 is 14.8 Å². The molecule has 0 aliphatic heterocycles. The van der Waals surface area contributed by atoms with Crippen molar-refractivity contribution < 1.29 is 14.3 Å². The fourth-order valence-corrected chi connectivity index (χ4v) is 2.26. The third kappa shape index (κ3) is 5.66. The van der Waals surface area contributed by atoms with Crippen LogP contribution in [0, 0.1) is 13.8 Å². The second kappa shape index (κ2) is 8.22. The van der Waals surface area contributed by atoms with Crippen LogP contribution in [-0.4, -0.2) is 25.2 Å². The van der Waals surface area contributed by atoms with Crippen molar-refractivity contribution in [1.82, 2.24) is 5.32 Å². The molecular formula is C19H23NO3. The molecule has 0 heterocycles. The number of carbonyl (C=O) groups is 1. The van der Waals surface area contributed by atoms with Crippen LogP contribution in [0.15, 0.2) is 48.5 Å². The summed E-state index contributed by atoms with van der Waals surface area (Å²) in [5.74, 6) is 1.35. The molecule has 2 aromatic rings. The van der Waals surface area contributed by atoms with E-state index in [1.807, 2.05) is 56.3 Å². The van der Waals surface area contributed by atoms with Gasteiger partial charge in [0.1, 0.15) is 18.1 Å². The molecule has 2 aromatic carbocycles. The lowest BCUT2D eigenvalue weighted by atomic mass is 10.1. The summed E-state index contributed by atoms with van der Waals surface area (Å²) >= 11 is 0. The summed E-state index contributed by atoms with van der Waals surface area (Å²) in [6, 6.07) is 15.4. The Balaban J connectivity index is 1.72. The highest BCUT2D eigenvalue weighted by Crippen LogP contribution is 2.15. The average Bonchev–Trinajstić information content (AvgIpc) is 2.51. The first kappa shape index (κ1) is 16.9. The molecule has 0 aliphatic rings. The summed E-state index contributed by atoms with van der Waals surface area (Å²) < 4.78 is 11.2. The van der Waals surface area contributed by atoms with Gasteiger partial charge in [-0.15, -0.1) is 0 Å². The van der Waals surface area contributed by atoms with Crippen LogP contribution >= 0.6 is 0 Å². The van der Waals surface area contributed by atoms with E-state index in [-0.39, 0.29) is 5.91 Å². The predicted molar refractivity (Wildman–Crippen MR) is 91.0 cm³/mol. The van der Waals surface area contributed by atoms with Crippen molar-refractivity contribution >= 4 is 5.91 Å². The van der Waals surface area contributed by atoms with Gasteiger partial charge in [0.15, 0.2) is 6.10 Å². The molecule has 0 saturated heterocycles. The van der Waals surface area contributed by atoms with E-state index in [4.69, 9.17) is 9.47 Å². The van der Waals surface area contributed by atoms with E-state index in [9.17, 15) is 4.79 Å². The largest absolute Gasteiger partial charge is 0.492 e. The van der Waals surface area contributed by atoms with Crippen molar-refractivity contribution in [3.8, 4) is 11.5 Å². The monoisotopic (exact) mass is 313 g/mol. The molecule has 0 radical (unpaired) electrons. The van der Waals surface area contributed by atoms with Crippen molar-refractivity contribution in [1.29, 1.82) is 0 Å². The smallest absolute Gasteiger partial charge is 0.260 e. The zero-order chi connectivity index (χ0) is 16.7. The third-order valence-corrected chi connectivity index (χ3v) is 3.29. The fraction of sp³-hybridized carbons (Fsp3) is 0.316. The van der Waals surface area contributed by atoms with E-state index in [1.165, 1.54) is 0 Å². The predicted octanol–water partition coefficient (Wildman–Crippen LogP) is 3.27. The average molecular weight is 313 g/mol. The topological polar surface area (TPSA) is 47.6 Å². The Bertz CT molecular complexity index is 620. The van der Waals surface area contributed by atoms with Gasteiger partial charge in [-0.1, -0.05) is 24.3 Å². The lowest BCUT2D eigenvalue weighted by molar-refractivity contribution is -0.127. The summed E-state index contributed by atoms with van der Waals surface area (Å²) in [6.07, 6.45) is -0.543. The second-order valence-corrected chi connectivity index (χ2v) is 5.54. The molecule has 0 unspecified atom stereocenters. The van der Waals surface area contributed by atoms with Gasteiger partial charge >= 0.3 is 0 Å². The number of amides is 1. The minimum atomic E-state index is -0.543. The molecule has 0 fully saturated rings. The van der Waals surface area contributed by atoms with E-state index in [0.29, 0.717) is 18.9 Å². The van der Waals surface area contributed by atoms with Gasteiger partial charge in [-0.05, 0) is 56.2 Å². The van der Waals surface area contributed by atoms with Gasteiger partial charge in [-0.3, -0.25) is 4.79 Å². The molecular weight excluding hydrogens is 290 g/mol. The Morgan fingerprint density at radius 2 is 1.70 bits per heavy atom. The minimum Gasteiger partial charge on any atom is -0.492 e. The van der Waals surface area contributed by atoms with Crippen LogP contribution in [0.1, 0.15) is 18.1 Å². The van der Waals surface area contributed by atoms with Crippen molar-refractivity contribution in [2.75, 3.05) is 13.2 Å². The molecule has 122 valence electrons. The number of benzene rings is 2. The standard InChI is InChI=1S/C19H23NO3/c1-14-11-15(2)13-18(12-14)22-10-9-20-19(21)16(3)23-17-7-5-4-6-8-17/h4-8,11-13,16H,9-10H2,1-3H3,(H,20,21)/t16-/m0/s1. The van der Waals surface area contributed by atoms with Crippen LogP contribution in [0.4, 0.5) is 0 Å². The van der Waals surface area contributed by atoms with E-state index >= 15 is 0 Å². The van der Waals surface area contributed by atoms with Gasteiger partial charge in [-0.25, -0.2) is 0 Å². The third-order valence-electron chi connectivity index (χ3n) is 3.29. The molecule has 1 atom stereocenters. The molecule has 0 aromatic heterocycles. The first-order valence-corrected chi connectivity index (χ1v) is 7.75. The van der Waals surface area contributed by atoms with E-state index < -0.39 is 6.10 Å². The van der Waals surface area contributed by atoms with Crippen LogP contribution in [-0.2, 0) is 4.79 Å². The highest BCUT2D eigenvalue weighted by Gasteiger charge is 2.13. The number of para-hydroxylation sites is 1. The molecule has 0 spiro atoms. The van der Waals surface area contributed by atoms with Crippen molar-refractivity contribution in [2.24, 2.45) is 0 Å². The van der Waals surface area contributed by atoms with Crippen LogP contribution in [0.2, 0.25) is 0 Å². The molecule has 0 saturated carbocycles. The summed E-state index contributed by atoms with van der Waals surface area (Å²) in [6.45, 7) is 6.66. The number of carbonyl (C=O) groups excluding carboxylic acids is 1. The summed E-state index contributed by atoms with van der Waals surface area (Å²) in [4.78, 5) is 12.0. The van der Waals surface area contributed by atoms with Crippen LogP contribution in [0.5, 0.6) is 11.5 Å². The number of hydrogen-bond acceptors (Lipinski definition) is 3.